The van der Waals surface area contributed by atoms with E-state index in [0.29, 0.717) is 0 Å². The third-order valence-corrected chi connectivity index (χ3v) is 19.1. The maximum Gasteiger partial charge on any atom is 0.253 e. The van der Waals surface area contributed by atoms with Gasteiger partial charge in [0.15, 0.2) is 5.58 Å². The number of anilines is 3. The molecule has 0 aliphatic carbocycles. The smallest absolute Gasteiger partial charge is 0.253 e. The Bertz CT molecular complexity index is 5550. The van der Waals surface area contributed by atoms with Gasteiger partial charge < -0.3 is 18.5 Å². The number of furan rings is 1. The van der Waals surface area contributed by atoms with Crippen LogP contribution in [0.25, 0.3) is 144 Å². The molecule has 17 aromatic rings. The van der Waals surface area contributed by atoms with E-state index in [1.807, 2.05) is 0 Å². The van der Waals surface area contributed by atoms with Crippen molar-refractivity contribution in [3.8, 4) is 78.1 Å². The SMILES string of the molecule is c1ccc(-c2ccc(-c3cccc(-c4ccc(-c5ccccc5)cc4)c3N3c4ccc(-n5c6ccccc6c6ccccc65)cc4B4c5c3cc3c(oc6ccccc63)c5-n3c5cc(-c6ccccc6)ccc5c5ccc(-c6ccccc6)c4c53)cc2)cc1. The van der Waals surface area contributed by atoms with Crippen molar-refractivity contribution in [2.24, 2.45) is 0 Å². The molecule has 5 heteroatoms. The zero-order valence-electron chi connectivity index (χ0n) is 48.3. The summed E-state index contributed by atoms with van der Waals surface area (Å²) >= 11 is 0. The fourth-order valence-electron chi connectivity index (χ4n) is 15.2. The quantitative estimate of drug-likeness (QED) is 0.142. The van der Waals surface area contributed by atoms with Gasteiger partial charge in [-0.3, -0.25) is 0 Å². The van der Waals surface area contributed by atoms with Crippen molar-refractivity contribution in [2.45, 2.75) is 0 Å². The molecule has 5 heterocycles. The molecular formula is C84H52BN3O. The lowest BCUT2D eigenvalue weighted by atomic mass is 9.33. The van der Waals surface area contributed by atoms with Gasteiger partial charge in [-0.1, -0.05) is 267 Å². The molecule has 0 N–H and O–H groups in total. The van der Waals surface area contributed by atoms with E-state index in [1.54, 1.807) is 0 Å². The molecule has 0 unspecified atom stereocenters. The van der Waals surface area contributed by atoms with Gasteiger partial charge in [-0.25, -0.2) is 0 Å². The van der Waals surface area contributed by atoms with Crippen LogP contribution in [0.15, 0.2) is 320 Å². The largest absolute Gasteiger partial charge is 0.454 e. The van der Waals surface area contributed by atoms with E-state index in [4.69, 9.17) is 4.42 Å². The van der Waals surface area contributed by atoms with E-state index >= 15 is 0 Å². The van der Waals surface area contributed by atoms with E-state index in [9.17, 15) is 0 Å². The average Bonchev–Trinajstić information content (AvgIpc) is 1.64. The Hall–Kier alpha value is -11.7. The summed E-state index contributed by atoms with van der Waals surface area (Å²) in [4.78, 5) is 2.65. The summed E-state index contributed by atoms with van der Waals surface area (Å²) in [6.07, 6.45) is 0. The number of hydrogen-bond donors (Lipinski definition) is 0. The molecule has 4 nitrogen and oxygen atoms in total. The second kappa shape index (κ2) is 19.4. The molecule has 2 aliphatic rings. The number of rotatable bonds is 8. The monoisotopic (exact) mass is 1130 g/mol. The van der Waals surface area contributed by atoms with Crippen molar-refractivity contribution in [1.82, 2.24) is 9.13 Å². The molecule has 0 fully saturated rings. The zero-order valence-corrected chi connectivity index (χ0v) is 48.3. The van der Waals surface area contributed by atoms with Gasteiger partial charge in [0.1, 0.15) is 5.58 Å². The van der Waals surface area contributed by atoms with Crippen LogP contribution >= 0.6 is 0 Å². The average molecular weight is 1130 g/mol. The van der Waals surface area contributed by atoms with E-state index in [0.717, 1.165) is 83.7 Å². The summed E-state index contributed by atoms with van der Waals surface area (Å²) in [5, 5.41) is 7.01. The molecule has 2 aliphatic heterocycles. The van der Waals surface area contributed by atoms with E-state index in [2.05, 4.69) is 329 Å². The van der Waals surface area contributed by atoms with Gasteiger partial charge in [0.2, 0.25) is 0 Å². The van der Waals surface area contributed by atoms with Crippen LogP contribution in [0.1, 0.15) is 0 Å². The van der Waals surface area contributed by atoms with Crippen molar-refractivity contribution in [3.63, 3.8) is 0 Å². The van der Waals surface area contributed by atoms with Crippen molar-refractivity contribution < 1.29 is 4.42 Å². The Morgan fingerprint density at radius 2 is 0.753 bits per heavy atom. The minimum atomic E-state index is -0.271. The van der Waals surface area contributed by atoms with Gasteiger partial charge in [-0.05, 0) is 121 Å². The molecule has 89 heavy (non-hydrogen) atoms. The van der Waals surface area contributed by atoms with Crippen LogP contribution < -0.4 is 21.3 Å². The van der Waals surface area contributed by atoms with Gasteiger partial charge in [-0.2, -0.15) is 0 Å². The Labute approximate surface area is 514 Å². The number of hydrogen-bond acceptors (Lipinski definition) is 2. The van der Waals surface area contributed by atoms with Crippen LogP contribution in [0, 0.1) is 0 Å². The second-order valence-electron chi connectivity index (χ2n) is 23.8. The predicted octanol–water partition coefficient (Wildman–Crippen LogP) is 20.4. The highest BCUT2D eigenvalue weighted by molar-refractivity contribution is 7.01. The molecule has 0 spiro atoms. The van der Waals surface area contributed by atoms with Gasteiger partial charge in [0.05, 0.1) is 33.4 Å². The maximum atomic E-state index is 7.46. The van der Waals surface area contributed by atoms with Crippen LogP contribution in [0.4, 0.5) is 17.1 Å². The standard InChI is InChI=1S/C84H52BN3O/c1-5-20-53(21-6-1)56-36-40-59(41-37-56)64-31-19-32-65(60-42-38-57(39-43-60)54-22-7-2-8-23-54)81(64)87-75-49-45-62(86-73-33-16-13-28-66(73)67-29-14-17-34-74(67)86)51-72(75)85-79-63(58-26-11-4-12-27-58)47-48-70-68-46-44-61(55-24-9-3-10-25-55)50-76(68)88(82(70)79)83-80(85)77(87)52-71-69-30-15-18-35-78(69)89-84(71)83/h1-52H. The first kappa shape index (κ1) is 49.6. The molecule has 0 bridgehead atoms. The number of nitrogens with zero attached hydrogens (tertiary/aromatic N) is 3. The molecule has 412 valence electrons. The molecule has 19 rings (SSSR count). The lowest BCUT2D eigenvalue weighted by Crippen LogP contribution is -2.61. The van der Waals surface area contributed by atoms with Crippen LogP contribution in [0.2, 0.25) is 0 Å². The molecule has 3 aromatic heterocycles. The van der Waals surface area contributed by atoms with Crippen LogP contribution in [-0.2, 0) is 0 Å². The van der Waals surface area contributed by atoms with Crippen LogP contribution in [-0.4, -0.2) is 15.8 Å². The summed E-state index contributed by atoms with van der Waals surface area (Å²) in [5.74, 6) is 0. The Morgan fingerprint density at radius 1 is 0.270 bits per heavy atom. The van der Waals surface area contributed by atoms with Crippen LogP contribution in [0.3, 0.4) is 0 Å². The fourth-order valence-corrected chi connectivity index (χ4v) is 15.2. The lowest BCUT2D eigenvalue weighted by Gasteiger charge is -2.42. The topological polar surface area (TPSA) is 26.2 Å². The van der Waals surface area contributed by atoms with Gasteiger partial charge in [0.25, 0.3) is 6.71 Å². The molecule has 0 radical (unpaired) electrons. The normalized spacial score (nSPS) is 12.4. The molecular weight excluding hydrogens is 1080 g/mol. The number of fused-ring (bicyclic) bond motifs is 14. The summed E-state index contributed by atoms with van der Waals surface area (Å²) in [6, 6.07) is 117. The third-order valence-electron chi connectivity index (χ3n) is 19.1. The molecule has 14 aromatic carbocycles. The fraction of sp³-hybridized carbons (Fsp3) is 0. The summed E-state index contributed by atoms with van der Waals surface area (Å²) in [5.41, 5.74) is 29.5. The number of para-hydroxylation sites is 4. The van der Waals surface area contributed by atoms with E-state index < -0.39 is 0 Å². The highest BCUT2D eigenvalue weighted by Gasteiger charge is 2.46. The molecule has 0 saturated carbocycles. The minimum absolute atomic E-state index is 0.271. The molecule has 0 amide bonds. The van der Waals surface area contributed by atoms with Crippen molar-refractivity contribution in [2.75, 3.05) is 4.90 Å². The first-order valence-electron chi connectivity index (χ1n) is 30.8. The van der Waals surface area contributed by atoms with Gasteiger partial charge >= 0.3 is 0 Å². The summed E-state index contributed by atoms with van der Waals surface area (Å²) in [7, 11) is 0. The Morgan fingerprint density at radius 3 is 1.37 bits per heavy atom. The summed E-state index contributed by atoms with van der Waals surface area (Å²) in [6.45, 7) is -0.271. The number of benzene rings is 14. The zero-order chi connectivity index (χ0) is 58.3. The van der Waals surface area contributed by atoms with E-state index in [1.165, 1.54) is 93.4 Å². The van der Waals surface area contributed by atoms with Crippen LogP contribution in [0.5, 0.6) is 0 Å². The number of aromatic nitrogens is 2. The van der Waals surface area contributed by atoms with Crippen molar-refractivity contribution in [1.29, 1.82) is 0 Å². The van der Waals surface area contributed by atoms with Gasteiger partial charge in [0, 0.05) is 60.5 Å². The van der Waals surface area contributed by atoms with Crippen molar-refractivity contribution in [3.05, 3.63) is 315 Å². The molecule has 0 saturated heterocycles. The highest BCUT2D eigenvalue weighted by atomic mass is 16.3. The maximum absolute atomic E-state index is 7.46. The Kier molecular flexibility index (Phi) is 10.8. The van der Waals surface area contributed by atoms with Crippen molar-refractivity contribution >= 4 is 106 Å². The summed E-state index contributed by atoms with van der Waals surface area (Å²) < 4.78 is 12.6. The Balaban J connectivity index is 0.987. The second-order valence-corrected chi connectivity index (χ2v) is 23.8. The lowest BCUT2D eigenvalue weighted by molar-refractivity contribution is 0.667. The molecule has 0 atom stereocenters. The third kappa shape index (κ3) is 7.43. The highest BCUT2D eigenvalue weighted by Crippen LogP contribution is 2.52. The predicted molar refractivity (Wildman–Crippen MR) is 374 cm³/mol. The van der Waals surface area contributed by atoms with Gasteiger partial charge in [-0.15, -0.1) is 0 Å². The minimum Gasteiger partial charge on any atom is -0.454 e. The first-order chi connectivity index (χ1) is 44.2. The first-order valence-corrected chi connectivity index (χ1v) is 30.8. The van der Waals surface area contributed by atoms with E-state index in [-0.39, 0.29) is 6.71 Å².